The minimum absolute atomic E-state index is 0.146. The number of hydrogen-bond donors (Lipinski definition) is 0. The van der Waals surface area contributed by atoms with Gasteiger partial charge < -0.3 is 14.2 Å². The van der Waals surface area contributed by atoms with Crippen LogP contribution in [0.15, 0.2) is 72.8 Å². The molecule has 0 N–H and O–H groups in total. The molecule has 3 rings (SSSR count). The minimum Gasteiger partial charge on any atom is -0.493 e. The van der Waals surface area contributed by atoms with Gasteiger partial charge in [0.15, 0.2) is 16.2 Å². The second-order valence-electron chi connectivity index (χ2n) is 10.7. The maximum absolute atomic E-state index is 15.0. The van der Waals surface area contributed by atoms with Crippen molar-refractivity contribution in [3.8, 4) is 17.2 Å². The molecule has 0 radical (unpaired) electrons. The molecule has 3 aromatic carbocycles. The number of benzene rings is 3. The molecule has 0 aliphatic rings. The maximum atomic E-state index is 15.0. The van der Waals surface area contributed by atoms with Crippen LogP contribution in [-0.2, 0) is 0 Å². The lowest BCUT2D eigenvalue weighted by Gasteiger charge is -2.29. The van der Waals surface area contributed by atoms with Crippen molar-refractivity contribution in [3.63, 3.8) is 0 Å². The van der Waals surface area contributed by atoms with Gasteiger partial charge in [-0.1, -0.05) is 82.9 Å². The third-order valence-corrected chi connectivity index (χ3v) is 12.2. The summed E-state index contributed by atoms with van der Waals surface area (Å²) in [6.07, 6.45) is 4.69. The number of carbonyl (C=O) groups is 3. The number of hydrogen-bond acceptors (Lipinski definition) is 6. The van der Waals surface area contributed by atoms with Gasteiger partial charge in [0, 0.05) is 0 Å². The number of para-hydroxylation sites is 3. The zero-order valence-electron chi connectivity index (χ0n) is 26.3. The SMILES string of the molecule is CCCCC(CC)COc1ccccc1C(=O)[Si](CCC)(C(=O)c1ccccc1OCC)C(=O)c1ccccc1OCC. The van der Waals surface area contributed by atoms with Gasteiger partial charge in [0.2, 0.25) is 0 Å². The smallest absolute Gasteiger partial charge is 0.298 e. The summed E-state index contributed by atoms with van der Waals surface area (Å²) in [5.41, 5.74) is 0.783. The van der Waals surface area contributed by atoms with E-state index in [0.29, 0.717) is 49.4 Å². The van der Waals surface area contributed by atoms with E-state index in [-0.39, 0.29) is 22.7 Å². The van der Waals surface area contributed by atoms with Crippen molar-refractivity contribution < 1.29 is 28.6 Å². The Morgan fingerprint density at radius 1 is 0.605 bits per heavy atom. The molecule has 0 amide bonds. The fraction of sp³-hybridized carbons (Fsp3) is 0.417. The van der Waals surface area contributed by atoms with Crippen LogP contribution < -0.4 is 14.2 Å². The standard InChI is InChI=1S/C36H46O6Si/c1-6-11-18-27(8-3)26-42-33-24-17-14-21-30(33)36(39)43(25-7-2,34(37)28-19-12-15-22-31(28)40-9-4)35(38)29-20-13-16-23-32(29)41-10-5/h12-17,19-24,27H,6-11,18,25-26H2,1-5H3. The van der Waals surface area contributed by atoms with Crippen LogP contribution in [0, 0.1) is 5.92 Å². The van der Waals surface area contributed by atoms with Crippen LogP contribution in [0.1, 0.15) is 97.8 Å². The lowest BCUT2D eigenvalue weighted by Crippen LogP contribution is -2.59. The van der Waals surface area contributed by atoms with Crippen LogP contribution in [0.2, 0.25) is 6.04 Å². The van der Waals surface area contributed by atoms with E-state index in [2.05, 4.69) is 13.8 Å². The van der Waals surface area contributed by atoms with Gasteiger partial charge in [0.05, 0.1) is 36.5 Å². The van der Waals surface area contributed by atoms with Crippen molar-refractivity contribution >= 4 is 24.3 Å². The molecule has 0 fully saturated rings. The van der Waals surface area contributed by atoms with E-state index in [0.717, 1.165) is 25.7 Å². The molecular formula is C36H46O6Si. The highest BCUT2D eigenvalue weighted by Crippen LogP contribution is 2.35. The molecule has 230 valence electrons. The second kappa shape index (κ2) is 16.8. The molecule has 1 unspecified atom stereocenters. The lowest BCUT2D eigenvalue weighted by atomic mass is 10.0. The molecule has 3 aromatic rings. The third-order valence-electron chi connectivity index (χ3n) is 7.80. The van der Waals surface area contributed by atoms with Crippen LogP contribution in [0.25, 0.3) is 0 Å². The van der Waals surface area contributed by atoms with Crippen LogP contribution in [-0.4, -0.2) is 44.1 Å². The topological polar surface area (TPSA) is 78.9 Å². The van der Waals surface area contributed by atoms with Crippen LogP contribution >= 0.6 is 0 Å². The van der Waals surface area contributed by atoms with Crippen LogP contribution in [0.5, 0.6) is 17.2 Å². The zero-order valence-corrected chi connectivity index (χ0v) is 27.3. The van der Waals surface area contributed by atoms with Crippen molar-refractivity contribution in [1.29, 1.82) is 0 Å². The molecule has 0 aliphatic carbocycles. The van der Waals surface area contributed by atoms with Crippen molar-refractivity contribution in [2.45, 2.75) is 72.8 Å². The highest BCUT2D eigenvalue weighted by atomic mass is 28.3. The van der Waals surface area contributed by atoms with Gasteiger partial charge in [0.25, 0.3) is 8.07 Å². The van der Waals surface area contributed by atoms with Gasteiger partial charge >= 0.3 is 0 Å². The monoisotopic (exact) mass is 602 g/mol. The number of unbranched alkanes of at least 4 members (excludes halogenated alkanes) is 1. The average Bonchev–Trinajstić information content (AvgIpc) is 3.04. The summed E-state index contributed by atoms with van der Waals surface area (Å²) in [7, 11) is -4.22. The first-order valence-electron chi connectivity index (χ1n) is 15.7. The number of ether oxygens (including phenoxy) is 3. The Morgan fingerprint density at radius 2 is 1.02 bits per heavy atom. The first-order chi connectivity index (χ1) is 20.9. The van der Waals surface area contributed by atoms with Gasteiger partial charge in [-0.2, -0.15) is 0 Å². The summed E-state index contributed by atoms with van der Waals surface area (Å²) in [5.74, 6) is 1.49. The summed E-state index contributed by atoms with van der Waals surface area (Å²) < 4.78 is 18.0. The quantitative estimate of drug-likeness (QED) is 0.128. The fourth-order valence-corrected chi connectivity index (χ4v) is 9.52. The Kier molecular flexibility index (Phi) is 13.2. The van der Waals surface area contributed by atoms with E-state index in [1.807, 2.05) is 26.8 Å². The first-order valence-corrected chi connectivity index (χ1v) is 17.9. The Bertz CT molecular complexity index is 1310. The van der Waals surface area contributed by atoms with Crippen molar-refractivity contribution in [2.24, 2.45) is 5.92 Å². The summed E-state index contributed by atoms with van der Waals surface area (Å²) >= 11 is 0. The lowest BCUT2D eigenvalue weighted by molar-refractivity contribution is 0.0976. The Labute approximate surface area is 257 Å². The number of rotatable bonds is 19. The first kappa shape index (κ1) is 33.8. The fourth-order valence-electron chi connectivity index (χ4n) is 5.47. The number of carbonyl (C=O) groups excluding carboxylic acids is 3. The van der Waals surface area contributed by atoms with Crippen molar-refractivity contribution in [1.82, 2.24) is 0 Å². The van der Waals surface area contributed by atoms with E-state index in [1.165, 1.54) is 0 Å². The highest BCUT2D eigenvalue weighted by Gasteiger charge is 2.57. The summed E-state index contributed by atoms with van der Waals surface area (Å²) in [4.78, 5) is 44.7. The largest absolute Gasteiger partial charge is 0.493 e. The van der Waals surface area contributed by atoms with E-state index < -0.39 is 24.3 Å². The molecule has 0 heterocycles. The average molecular weight is 603 g/mol. The Balaban J connectivity index is 2.23. The molecule has 7 heteroatoms. The molecule has 0 saturated heterocycles. The normalized spacial score (nSPS) is 11.9. The molecular weight excluding hydrogens is 556 g/mol. The molecule has 0 aromatic heterocycles. The van der Waals surface area contributed by atoms with Crippen molar-refractivity contribution in [3.05, 3.63) is 89.5 Å². The van der Waals surface area contributed by atoms with Gasteiger partial charge in [-0.3, -0.25) is 14.4 Å². The van der Waals surface area contributed by atoms with Gasteiger partial charge in [-0.25, -0.2) is 0 Å². The highest BCUT2D eigenvalue weighted by molar-refractivity contribution is 7.43. The van der Waals surface area contributed by atoms with E-state index >= 15 is 0 Å². The van der Waals surface area contributed by atoms with Gasteiger partial charge in [-0.15, -0.1) is 0 Å². The van der Waals surface area contributed by atoms with Crippen LogP contribution in [0.4, 0.5) is 0 Å². The predicted octanol–water partition coefficient (Wildman–Crippen LogP) is 8.50. The summed E-state index contributed by atoms with van der Waals surface area (Å²) in [5, 5.41) is -1.35. The van der Waals surface area contributed by atoms with Gasteiger partial charge in [0.1, 0.15) is 17.2 Å². The molecule has 0 aliphatic heterocycles. The van der Waals surface area contributed by atoms with E-state index in [9.17, 15) is 14.4 Å². The molecule has 0 spiro atoms. The molecule has 1 atom stereocenters. The maximum Gasteiger partial charge on any atom is 0.298 e. The van der Waals surface area contributed by atoms with E-state index in [4.69, 9.17) is 14.2 Å². The molecule has 6 nitrogen and oxygen atoms in total. The summed E-state index contributed by atoms with van der Waals surface area (Å²) in [6.45, 7) is 11.0. The molecule has 0 saturated carbocycles. The molecule has 43 heavy (non-hydrogen) atoms. The van der Waals surface area contributed by atoms with Crippen LogP contribution in [0.3, 0.4) is 0 Å². The Morgan fingerprint density at radius 3 is 1.40 bits per heavy atom. The minimum atomic E-state index is -4.22. The van der Waals surface area contributed by atoms with E-state index in [1.54, 1.807) is 66.7 Å². The third kappa shape index (κ3) is 7.82. The van der Waals surface area contributed by atoms with Gasteiger partial charge in [-0.05, 0) is 68.6 Å². The zero-order chi connectivity index (χ0) is 31.2. The van der Waals surface area contributed by atoms with Crippen molar-refractivity contribution in [2.75, 3.05) is 19.8 Å². The molecule has 0 bridgehead atoms. The second-order valence-corrected chi connectivity index (χ2v) is 14.4. The predicted molar refractivity (Wildman–Crippen MR) is 174 cm³/mol. The summed E-state index contributed by atoms with van der Waals surface area (Å²) in [6, 6.07) is 21.0. The Hall–Kier alpha value is -3.71.